The van der Waals surface area contributed by atoms with Gasteiger partial charge in [0, 0.05) is 17.3 Å². The zero-order valence-electron chi connectivity index (χ0n) is 11.6. The lowest BCUT2D eigenvalue weighted by molar-refractivity contribution is -0.121. The van der Waals surface area contributed by atoms with Gasteiger partial charge in [-0.3, -0.25) is 4.79 Å². The molecule has 0 unspecified atom stereocenters. The first-order valence-corrected chi connectivity index (χ1v) is 7.33. The van der Waals surface area contributed by atoms with E-state index in [1.165, 1.54) is 11.1 Å². The average molecular weight is 273 g/mol. The molecule has 21 heavy (non-hydrogen) atoms. The molecule has 4 atom stereocenters. The third-order valence-electron chi connectivity index (χ3n) is 5.15. The second-order valence-corrected chi connectivity index (χ2v) is 6.06. The Morgan fingerprint density at radius 3 is 2.19 bits per heavy atom. The molecule has 0 amide bonds. The Kier molecular flexibility index (Phi) is 2.53. The Labute approximate surface area is 124 Å². The van der Waals surface area contributed by atoms with E-state index >= 15 is 0 Å². The number of rotatable bonds is 2. The number of hydrogen-bond acceptors (Lipinski definition) is 2. The Morgan fingerprint density at radius 2 is 1.57 bits per heavy atom. The summed E-state index contributed by atoms with van der Waals surface area (Å²) in [6.07, 6.45) is 0.663. The van der Waals surface area contributed by atoms with Crippen molar-refractivity contribution in [1.82, 2.24) is 0 Å². The lowest BCUT2D eigenvalue weighted by Crippen LogP contribution is -2.14. The average Bonchev–Trinajstić information content (AvgIpc) is 3.14. The quantitative estimate of drug-likeness (QED) is 0.841. The fourth-order valence-corrected chi connectivity index (χ4v) is 4.25. The van der Waals surface area contributed by atoms with Gasteiger partial charge in [-0.05, 0) is 17.5 Å². The number of fused-ring (bicyclic) bond motifs is 1. The predicted octanol–water partition coefficient (Wildman–Crippen LogP) is 3.45. The summed E-state index contributed by atoms with van der Waals surface area (Å²) in [5.41, 5.74) is 2.27. The Balaban J connectivity index is 1.82. The first-order valence-electron chi connectivity index (χ1n) is 7.33. The fraction of sp³-hybridized carbons (Fsp3) is 0.263. The van der Waals surface area contributed by atoms with Crippen molar-refractivity contribution in [2.75, 3.05) is 0 Å². The molecule has 0 aliphatic heterocycles. The molecule has 2 aliphatic carbocycles. The number of carbonyl (C=O) groups is 1. The molecular formula is C19H15NO. The molecule has 2 aliphatic rings. The van der Waals surface area contributed by atoms with E-state index in [4.69, 9.17) is 0 Å². The van der Waals surface area contributed by atoms with Crippen LogP contribution in [0.25, 0.3) is 0 Å². The lowest BCUT2D eigenvalue weighted by Gasteiger charge is -2.17. The van der Waals surface area contributed by atoms with Crippen molar-refractivity contribution in [2.24, 2.45) is 11.8 Å². The maximum Gasteiger partial charge on any atom is 0.154 e. The largest absolute Gasteiger partial charge is 0.298 e. The van der Waals surface area contributed by atoms with Crippen LogP contribution in [-0.4, -0.2) is 5.78 Å². The van der Waals surface area contributed by atoms with Gasteiger partial charge in [-0.2, -0.15) is 5.26 Å². The minimum Gasteiger partial charge on any atom is -0.298 e. The monoisotopic (exact) mass is 273 g/mol. The SMILES string of the molecule is N#C[C@@H]1C[C@]2(c3ccccc3)[C@H](C1=O)[C@@H]2c1ccccc1. The van der Waals surface area contributed by atoms with Crippen LogP contribution in [0.15, 0.2) is 60.7 Å². The summed E-state index contributed by atoms with van der Waals surface area (Å²) in [5.74, 6) is -0.0875. The number of nitriles is 1. The van der Waals surface area contributed by atoms with E-state index in [9.17, 15) is 10.1 Å². The normalized spacial score (nSPS) is 33.3. The maximum absolute atomic E-state index is 12.5. The Bertz CT molecular complexity index is 731. The first-order chi connectivity index (χ1) is 10.3. The summed E-state index contributed by atoms with van der Waals surface area (Å²) >= 11 is 0. The highest BCUT2D eigenvalue weighted by Gasteiger charge is 2.74. The Morgan fingerprint density at radius 1 is 0.952 bits per heavy atom. The zero-order valence-corrected chi connectivity index (χ0v) is 11.6. The van der Waals surface area contributed by atoms with Gasteiger partial charge in [0.2, 0.25) is 0 Å². The molecule has 0 bridgehead atoms. The molecular weight excluding hydrogens is 258 g/mol. The van der Waals surface area contributed by atoms with Gasteiger partial charge in [0.15, 0.2) is 5.78 Å². The number of benzene rings is 2. The molecule has 0 saturated heterocycles. The number of hydrogen-bond donors (Lipinski definition) is 0. The fourth-order valence-electron chi connectivity index (χ4n) is 4.25. The van der Waals surface area contributed by atoms with Gasteiger partial charge in [0.05, 0.1) is 6.07 Å². The first kappa shape index (κ1) is 12.3. The summed E-state index contributed by atoms with van der Waals surface area (Å²) in [5, 5.41) is 9.22. The predicted molar refractivity (Wildman–Crippen MR) is 79.5 cm³/mol. The molecule has 2 saturated carbocycles. The second kappa shape index (κ2) is 4.30. The van der Waals surface area contributed by atoms with E-state index < -0.39 is 5.92 Å². The van der Waals surface area contributed by atoms with Gasteiger partial charge in [-0.1, -0.05) is 60.7 Å². The van der Waals surface area contributed by atoms with Crippen LogP contribution in [0.4, 0.5) is 0 Å². The highest BCUT2D eigenvalue weighted by Crippen LogP contribution is 2.73. The van der Waals surface area contributed by atoms with Crippen LogP contribution < -0.4 is 0 Å². The van der Waals surface area contributed by atoms with Gasteiger partial charge >= 0.3 is 0 Å². The molecule has 0 spiro atoms. The third kappa shape index (κ3) is 1.55. The van der Waals surface area contributed by atoms with E-state index in [2.05, 4.69) is 30.3 Å². The highest BCUT2D eigenvalue weighted by molar-refractivity contribution is 5.96. The van der Waals surface area contributed by atoms with Gasteiger partial charge < -0.3 is 0 Å². The topological polar surface area (TPSA) is 40.9 Å². The number of ketones is 1. The van der Waals surface area contributed by atoms with Crippen molar-refractivity contribution in [3.63, 3.8) is 0 Å². The summed E-state index contributed by atoms with van der Waals surface area (Å²) in [6, 6.07) is 22.7. The van der Waals surface area contributed by atoms with E-state index in [-0.39, 0.29) is 23.0 Å². The highest BCUT2D eigenvalue weighted by atomic mass is 16.1. The van der Waals surface area contributed by atoms with Crippen LogP contribution in [0.5, 0.6) is 0 Å². The van der Waals surface area contributed by atoms with Crippen LogP contribution in [0.3, 0.4) is 0 Å². The summed E-state index contributed by atoms with van der Waals surface area (Å²) in [4.78, 5) is 12.5. The van der Waals surface area contributed by atoms with E-state index in [0.717, 1.165) is 0 Å². The molecule has 2 aromatic rings. The molecule has 2 aromatic carbocycles. The van der Waals surface area contributed by atoms with Gasteiger partial charge in [-0.25, -0.2) is 0 Å². The minimum atomic E-state index is -0.435. The third-order valence-corrected chi connectivity index (χ3v) is 5.15. The van der Waals surface area contributed by atoms with Crippen molar-refractivity contribution in [3.05, 3.63) is 71.8 Å². The van der Waals surface area contributed by atoms with Crippen LogP contribution in [0.2, 0.25) is 0 Å². The standard InChI is InChI=1S/C19H15NO/c20-12-14-11-19(15-9-5-2-6-10-15)16(17(19)18(14)21)13-7-3-1-4-8-13/h1-10,14,16-17H,11H2/t14-,16-,17-,19+/m0/s1. The molecule has 0 aromatic heterocycles. The minimum absolute atomic E-state index is 0.0213. The van der Waals surface area contributed by atoms with E-state index in [1.54, 1.807) is 0 Å². The number of nitrogens with zero attached hydrogens (tertiary/aromatic N) is 1. The van der Waals surface area contributed by atoms with Crippen molar-refractivity contribution >= 4 is 5.78 Å². The molecule has 2 heteroatoms. The molecule has 0 radical (unpaired) electrons. The zero-order chi connectivity index (χ0) is 14.4. The molecule has 102 valence electrons. The van der Waals surface area contributed by atoms with Crippen molar-refractivity contribution < 1.29 is 4.79 Å². The van der Waals surface area contributed by atoms with Crippen LogP contribution in [0.1, 0.15) is 23.5 Å². The number of carbonyl (C=O) groups excluding carboxylic acids is 1. The summed E-state index contributed by atoms with van der Waals surface area (Å²) in [7, 11) is 0. The second-order valence-electron chi connectivity index (χ2n) is 6.06. The van der Waals surface area contributed by atoms with Gasteiger partial charge in [0.1, 0.15) is 5.92 Å². The van der Waals surface area contributed by atoms with Crippen LogP contribution in [0, 0.1) is 23.2 Å². The van der Waals surface area contributed by atoms with Crippen molar-refractivity contribution in [3.8, 4) is 6.07 Å². The van der Waals surface area contributed by atoms with E-state index in [0.29, 0.717) is 6.42 Å². The molecule has 0 N–H and O–H groups in total. The number of Topliss-reactive ketones (excluding diaryl/α,β-unsaturated/α-hetero) is 1. The van der Waals surface area contributed by atoms with Crippen LogP contribution >= 0.6 is 0 Å². The molecule has 0 heterocycles. The van der Waals surface area contributed by atoms with Crippen molar-refractivity contribution in [2.45, 2.75) is 17.8 Å². The lowest BCUT2D eigenvalue weighted by atomic mass is 9.85. The summed E-state index contributed by atoms with van der Waals surface area (Å²) < 4.78 is 0. The molecule has 2 fully saturated rings. The summed E-state index contributed by atoms with van der Waals surface area (Å²) in [6.45, 7) is 0. The maximum atomic E-state index is 12.5. The Hall–Kier alpha value is -2.40. The van der Waals surface area contributed by atoms with Gasteiger partial charge in [-0.15, -0.1) is 0 Å². The smallest absolute Gasteiger partial charge is 0.154 e. The molecule has 4 rings (SSSR count). The van der Waals surface area contributed by atoms with Gasteiger partial charge in [0.25, 0.3) is 0 Å². The molecule has 2 nitrogen and oxygen atoms in total. The van der Waals surface area contributed by atoms with Crippen molar-refractivity contribution in [1.29, 1.82) is 5.26 Å². The van der Waals surface area contributed by atoms with E-state index in [1.807, 2.05) is 36.4 Å². The van der Waals surface area contributed by atoms with Crippen LogP contribution in [-0.2, 0) is 10.2 Å².